The number of nitrogens with zero attached hydrogens (tertiary/aromatic N) is 2. The lowest BCUT2D eigenvalue weighted by Gasteiger charge is -2.23. The number of ether oxygens (including phenoxy) is 2. The predicted octanol–water partition coefficient (Wildman–Crippen LogP) is 4.70. The SMILES string of the molecule is COc1ccc(-c2cc([N+](=O)[O-])ccc2O[C@@H](C)C(=O)N(C)Cc2ccccc2)cc1. The molecular weight excluding hydrogens is 396 g/mol. The Morgan fingerprint density at radius 3 is 2.35 bits per heavy atom. The number of amides is 1. The number of non-ortho nitro benzene ring substituents is 1. The standard InChI is InChI=1S/C24H24N2O5/c1-17(24(27)25(2)16-18-7-5-4-6-8-18)31-23-14-11-20(26(28)29)15-22(23)19-9-12-21(30-3)13-10-19/h4-15,17H,16H2,1-3H3/t17-/m0/s1. The molecule has 1 amide bonds. The van der Waals surface area contributed by atoms with Crippen molar-refractivity contribution in [1.29, 1.82) is 0 Å². The van der Waals surface area contributed by atoms with E-state index in [1.165, 1.54) is 18.2 Å². The van der Waals surface area contributed by atoms with E-state index in [9.17, 15) is 14.9 Å². The molecule has 0 fully saturated rings. The normalized spacial score (nSPS) is 11.5. The summed E-state index contributed by atoms with van der Waals surface area (Å²) in [6.45, 7) is 2.13. The van der Waals surface area contributed by atoms with Crippen LogP contribution in [-0.2, 0) is 11.3 Å². The van der Waals surface area contributed by atoms with Crippen molar-refractivity contribution >= 4 is 11.6 Å². The van der Waals surface area contributed by atoms with Gasteiger partial charge in [-0.2, -0.15) is 0 Å². The highest BCUT2D eigenvalue weighted by Crippen LogP contribution is 2.35. The molecule has 0 spiro atoms. The van der Waals surface area contributed by atoms with E-state index in [0.29, 0.717) is 23.6 Å². The van der Waals surface area contributed by atoms with Crippen LogP contribution in [0.2, 0.25) is 0 Å². The fourth-order valence-corrected chi connectivity index (χ4v) is 3.22. The fourth-order valence-electron chi connectivity index (χ4n) is 3.22. The maximum atomic E-state index is 12.8. The molecule has 31 heavy (non-hydrogen) atoms. The number of carbonyl (C=O) groups is 1. The number of likely N-dealkylation sites (N-methyl/N-ethyl adjacent to an activating group) is 1. The van der Waals surface area contributed by atoms with Gasteiger partial charge < -0.3 is 14.4 Å². The maximum Gasteiger partial charge on any atom is 0.270 e. The Hall–Kier alpha value is -3.87. The molecule has 0 N–H and O–H groups in total. The van der Waals surface area contributed by atoms with Crippen LogP contribution in [0.25, 0.3) is 11.1 Å². The van der Waals surface area contributed by atoms with Crippen LogP contribution in [0.5, 0.6) is 11.5 Å². The summed E-state index contributed by atoms with van der Waals surface area (Å²) < 4.78 is 11.1. The van der Waals surface area contributed by atoms with Gasteiger partial charge in [-0.1, -0.05) is 42.5 Å². The smallest absolute Gasteiger partial charge is 0.270 e. The minimum Gasteiger partial charge on any atom is -0.497 e. The Balaban J connectivity index is 1.83. The molecule has 0 saturated heterocycles. The number of nitro benzene ring substituents is 1. The van der Waals surface area contributed by atoms with Crippen molar-refractivity contribution in [1.82, 2.24) is 4.90 Å². The van der Waals surface area contributed by atoms with E-state index >= 15 is 0 Å². The average Bonchev–Trinajstić information content (AvgIpc) is 2.79. The summed E-state index contributed by atoms with van der Waals surface area (Å²) in [7, 11) is 3.28. The summed E-state index contributed by atoms with van der Waals surface area (Å²) in [5, 5.41) is 11.3. The van der Waals surface area contributed by atoms with Crippen LogP contribution in [0.15, 0.2) is 72.8 Å². The minimum absolute atomic E-state index is 0.0571. The highest BCUT2D eigenvalue weighted by atomic mass is 16.6. The zero-order valence-corrected chi connectivity index (χ0v) is 17.6. The van der Waals surface area contributed by atoms with Crippen molar-refractivity contribution in [2.24, 2.45) is 0 Å². The lowest BCUT2D eigenvalue weighted by molar-refractivity contribution is -0.384. The van der Waals surface area contributed by atoms with Crippen molar-refractivity contribution in [3.63, 3.8) is 0 Å². The number of nitro groups is 1. The number of carbonyl (C=O) groups excluding carboxylic acids is 1. The van der Waals surface area contributed by atoms with Gasteiger partial charge in [-0.25, -0.2) is 0 Å². The first-order valence-corrected chi connectivity index (χ1v) is 9.77. The van der Waals surface area contributed by atoms with Gasteiger partial charge >= 0.3 is 0 Å². The van der Waals surface area contributed by atoms with Crippen LogP contribution in [0.4, 0.5) is 5.69 Å². The predicted molar refractivity (Wildman–Crippen MR) is 118 cm³/mol. The molecule has 0 aliphatic rings. The second-order valence-corrected chi connectivity index (χ2v) is 7.11. The molecule has 0 heterocycles. The Kier molecular flexibility index (Phi) is 6.87. The van der Waals surface area contributed by atoms with Crippen molar-refractivity contribution in [2.45, 2.75) is 19.6 Å². The number of rotatable bonds is 8. The lowest BCUT2D eigenvalue weighted by Crippen LogP contribution is -2.37. The second-order valence-electron chi connectivity index (χ2n) is 7.11. The van der Waals surface area contributed by atoms with Gasteiger partial charge in [0.15, 0.2) is 6.10 Å². The third-order valence-corrected chi connectivity index (χ3v) is 4.87. The lowest BCUT2D eigenvalue weighted by atomic mass is 10.0. The van der Waals surface area contributed by atoms with E-state index in [0.717, 1.165) is 11.1 Å². The summed E-state index contributed by atoms with van der Waals surface area (Å²) in [5.41, 5.74) is 2.21. The highest BCUT2D eigenvalue weighted by molar-refractivity contribution is 5.81. The highest BCUT2D eigenvalue weighted by Gasteiger charge is 2.22. The van der Waals surface area contributed by atoms with Crippen molar-refractivity contribution in [2.75, 3.05) is 14.2 Å². The first-order chi connectivity index (χ1) is 14.9. The summed E-state index contributed by atoms with van der Waals surface area (Å²) in [4.78, 5) is 25.2. The molecule has 7 heteroatoms. The minimum atomic E-state index is -0.771. The molecule has 0 saturated carbocycles. The molecule has 7 nitrogen and oxygen atoms in total. The van der Waals surface area contributed by atoms with Gasteiger partial charge in [0.1, 0.15) is 11.5 Å². The number of hydrogen-bond donors (Lipinski definition) is 0. The van der Waals surface area contributed by atoms with Crippen LogP contribution in [0.1, 0.15) is 12.5 Å². The average molecular weight is 420 g/mol. The number of hydrogen-bond acceptors (Lipinski definition) is 5. The topological polar surface area (TPSA) is 81.9 Å². The van der Waals surface area contributed by atoms with E-state index < -0.39 is 11.0 Å². The first kappa shape index (κ1) is 21.8. The Morgan fingerprint density at radius 1 is 1.06 bits per heavy atom. The van der Waals surface area contributed by atoms with E-state index in [2.05, 4.69) is 0 Å². The van der Waals surface area contributed by atoms with Gasteiger partial charge in [-0.05, 0) is 36.2 Å². The summed E-state index contributed by atoms with van der Waals surface area (Å²) >= 11 is 0. The van der Waals surface area contributed by atoms with Crippen LogP contribution >= 0.6 is 0 Å². The summed E-state index contributed by atoms with van der Waals surface area (Å²) in [6.07, 6.45) is -0.771. The zero-order chi connectivity index (χ0) is 22.4. The molecule has 1 atom stereocenters. The van der Waals surface area contributed by atoms with Gasteiger partial charge in [0.25, 0.3) is 11.6 Å². The third kappa shape index (κ3) is 5.39. The molecule has 3 rings (SSSR count). The maximum absolute atomic E-state index is 12.8. The molecule has 3 aromatic rings. The van der Waals surface area contributed by atoms with Gasteiger partial charge in [0, 0.05) is 31.3 Å². The van der Waals surface area contributed by atoms with Gasteiger partial charge in [0.2, 0.25) is 0 Å². The summed E-state index contributed by atoms with van der Waals surface area (Å²) in [6, 6.07) is 21.1. The largest absolute Gasteiger partial charge is 0.497 e. The van der Waals surface area contributed by atoms with E-state index in [1.54, 1.807) is 50.2 Å². The molecule has 0 bridgehead atoms. The molecule has 0 unspecified atom stereocenters. The van der Waals surface area contributed by atoms with Gasteiger partial charge in [-0.3, -0.25) is 14.9 Å². The molecule has 0 aliphatic heterocycles. The van der Waals surface area contributed by atoms with E-state index in [-0.39, 0.29) is 11.6 Å². The van der Waals surface area contributed by atoms with Crippen LogP contribution in [0, 0.1) is 10.1 Å². The summed E-state index contributed by atoms with van der Waals surface area (Å²) in [5.74, 6) is 0.871. The van der Waals surface area contributed by atoms with Crippen molar-refractivity contribution in [3.8, 4) is 22.6 Å². The fraction of sp³-hybridized carbons (Fsp3) is 0.208. The molecule has 0 aromatic heterocycles. The number of benzene rings is 3. The van der Waals surface area contributed by atoms with E-state index in [1.807, 2.05) is 30.3 Å². The number of methoxy groups -OCH3 is 1. The molecule has 0 aliphatic carbocycles. The monoisotopic (exact) mass is 420 g/mol. The quantitative estimate of drug-likeness (QED) is 0.390. The van der Waals surface area contributed by atoms with Crippen molar-refractivity contribution < 1.29 is 19.2 Å². The van der Waals surface area contributed by atoms with Gasteiger partial charge in [-0.15, -0.1) is 0 Å². The van der Waals surface area contributed by atoms with Crippen LogP contribution in [0.3, 0.4) is 0 Å². The third-order valence-electron chi connectivity index (χ3n) is 4.87. The van der Waals surface area contributed by atoms with Crippen LogP contribution in [-0.4, -0.2) is 36.0 Å². The Morgan fingerprint density at radius 2 is 1.74 bits per heavy atom. The first-order valence-electron chi connectivity index (χ1n) is 9.77. The van der Waals surface area contributed by atoms with Crippen molar-refractivity contribution in [3.05, 3.63) is 88.5 Å². The Labute approximate surface area is 181 Å². The molecule has 3 aromatic carbocycles. The molecule has 160 valence electrons. The molecule has 0 radical (unpaired) electrons. The van der Waals surface area contributed by atoms with Gasteiger partial charge in [0.05, 0.1) is 12.0 Å². The molecular formula is C24H24N2O5. The second kappa shape index (κ2) is 9.75. The Bertz CT molecular complexity index is 1050. The zero-order valence-electron chi connectivity index (χ0n) is 17.6. The van der Waals surface area contributed by atoms with E-state index in [4.69, 9.17) is 9.47 Å². The van der Waals surface area contributed by atoms with Crippen LogP contribution < -0.4 is 9.47 Å².